The molecular weight excluding hydrogens is 642 g/mol. The van der Waals surface area contributed by atoms with Gasteiger partial charge in [-0.1, -0.05) is 96.5 Å². The van der Waals surface area contributed by atoms with E-state index in [0.717, 1.165) is 78.2 Å². The molecule has 1 fully saturated rings. The van der Waals surface area contributed by atoms with Crippen LogP contribution >= 0.6 is 11.6 Å². The SMILES string of the molecule is CN(CCC(Oc1cccc(Cl)c1)c1ccc(-c2cn[nH]c2)cc1)[N+]1(C)CCCN(C(c2ccccc2)c2ccc(-c3cn[nH]c3)cc2)CC1. The van der Waals surface area contributed by atoms with Crippen LogP contribution in [0, 0.1) is 0 Å². The summed E-state index contributed by atoms with van der Waals surface area (Å²) in [5, 5.41) is 17.3. The van der Waals surface area contributed by atoms with Crippen molar-refractivity contribution >= 4 is 11.6 Å². The normalized spacial score (nSPS) is 18.1. The molecule has 0 saturated carbocycles. The lowest BCUT2D eigenvalue weighted by molar-refractivity contribution is -1.01. The van der Waals surface area contributed by atoms with Gasteiger partial charge in [0.2, 0.25) is 0 Å². The average molecular weight is 687 g/mol. The van der Waals surface area contributed by atoms with E-state index in [1.165, 1.54) is 16.7 Å². The monoisotopic (exact) mass is 686 g/mol. The van der Waals surface area contributed by atoms with Crippen LogP contribution in [0.1, 0.15) is 41.7 Å². The van der Waals surface area contributed by atoms with Crippen molar-refractivity contribution in [2.24, 2.45) is 0 Å². The molecule has 0 bridgehead atoms. The van der Waals surface area contributed by atoms with Crippen LogP contribution in [0.4, 0.5) is 0 Å². The number of nitrogens with one attached hydrogen (secondary N) is 2. The molecule has 0 spiro atoms. The number of halogens is 1. The second kappa shape index (κ2) is 15.4. The predicted octanol–water partition coefficient (Wildman–Crippen LogP) is 8.42. The Hall–Kier alpha value is -4.73. The molecule has 1 saturated heterocycles. The zero-order chi connectivity index (χ0) is 34.3. The van der Waals surface area contributed by atoms with E-state index in [1.54, 1.807) is 0 Å². The van der Waals surface area contributed by atoms with Crippen LogP contribution < -0.4 is 4.74 Å². The van der Waals surface area contributed by atoms with Gasteiger partial charge in [0.15, 0.2) is 0 Å². The van der Waals surface area contributed by atoms with E-state index in [-0.39, 0.29) is 12.1 Å². The number of H-pyrrole nitrogens is 2. The Morgan fingerprint density at radius 2 is 1.40 bits per heavy atom. The molecule has 3 atom stereocenters. The lowest BCUT2D eigenvalue weighted by Crippen LogP contribution is -2.57. The van der Waals surface area contributed by atoms with Crippen LogP contribution in [0.3, 0.4) is 0 Å². The molecule has 256 valence electrons. The lowest BCUT2D eigenvalue weighted by Gasteiger charge is -2.41. The van der Waals surface area contributed by atoms with Crippen LogP contribution in [-0.4, -0.2) is 81.7 Å². The molecule has 3 heterocycles. The Morgan fingerprint density at radius 1 is 0.760 bits per heavy atom. The van der Waals surface area contributed by atoms with Crippen molar-refractivity contribution in [2.45, 2.75) is 25.0 Å². The van der Waals surface area contributed by atoms with Crippen molar-refractivity contribution in [3.8, 4) is 28.0 Å². The summed E-state index contributed by atoms with van der Waals surface area (Å²) in [5.74, 6) is 0.777. The number of nitrogens with zero attached hydrogens (tertiary/aromatic N) is 5. The maximum Gasteiger partial charge on any atom is 0.125 e. The van der Waals surface area contributed by atoms with Gasteiger partial charge in [-0.15, -0.1) is 0 Å². The third-order valence-electron chi connectivity index (χ3n) is 10.2. The predicted molar refractivity (Wildman–Crippen MR) is 201 cm³/mol. The van der Waals surface area contributed by atoms with E-state index < -0.39 is 0 Å². The number of aromatic nitrogens is 4. The number of hydrogen-bond acceptors (Lipinski definition) is 5. The topological polar surface area (TPSA) is 73.1 Å². The van der Waals surface area contributed by atoms with Gasteiger partial charge in [-0.3, -0.25) is 15.1 Å². The third kappa shape index (κ3) is 7.85. The first kappa shape index (κ1) is 33.8. The van der Waals surface area contributed by atoms with E-state index in [4.69, 9.17) is 16.3 Å². The van der Waals surface area contributed by atoms with Gasteiger partial charge in [0.05, 0.1) is 45.1 Å². The first-order valence-corrected chi connectivity index (χ1v) is 17.8. The molecule has 8 nitrogen and oxygen atoms in total. The summed E-state index contributed by atoms with van der Waals surface area (Å²) in [5.41, 5.74) is 8.24. The van der Waals surface area contributed by atoms with E-state index in [2.05, 4.69) is 123 Å². The van der Waals surface area contributed by atoms with Gasteiger partial charge in [0.1, 0.15) is 18.4 Å². The number of likely N-dealkylation sites (N-methyl/N-ethyl adjacent to an activating group) is 1. The van der Waals surface area contributed by atoms with Gasteiger partial charge < -0.3 is 4.74 Å². The Balaban J connectivity index is 1.06. The molecule has 2 N–H and O–H groups in total. The summed E-state index contributed by atoms with van der Waals surface area (Å²) in [4.78, 5) is 2.67. The van der Waals surface area contributed by atoms with Gasteiger partial charge in [-0.05, 0) is 46.0 Å². The highest BCUT2D eigenvalue weighted by Crippen LogP contribution is 2.33. The number of ether oxygens (including phenoxy) is 1. The Bertz CT molecular complexity index is 1910. The van der Waals surface area contributed by atoms with Crippen LogP contribution in [-0.2, 0) is 0 Å². The molecule has 6 aromatic rings. The Morgan fingerprint density at radius 3 is 2.02 bits per heavy atom. The number of rotatable bonds is 12. The standard InChI is InChI=1S/C41H45ClN7O/c1-47(22-20-40(50-39-11-6-10-38(42)26-39)33-16-12-31(13-17-33)36-27-43-44-28-36)49(2)24-7-21-48(23-25-49)41(34-8-4-3-5-9-34)35-18-14-32(15-19-35)37-29-45-46-30-37/h3-6,8-19,26-30,40-41H,7,20-25H2,1-2H3,(H,43,44)(H,45,46)/q+1. The zero-order valence-corrected chi connectivity index (χ0v) is 29.5. The number of benzene rings is 4. The summed E-state index contributed by atoms with van der Waals surface area (Å²) in [7, 11) is 4.64. The van der Waals surface area contributed by atoms with Gasteiger partial charge in [-0.25, -0.2) is 4.59 Å². The van der Waals surface area contributed by atoms with E-state index in [9.17, 15) is 0 Å². The van der Waals surface area contributed by atoms with Crippen LogP contribution in [0.25, 0.3) is 22.3 Å². The highest BCUT2D eigenvalue weighted by molar-refractivity contribution is 6.30. The van der Waals surface area contributed by atoms with Crippen molar-refractivity contribution in [1.29, 1.82) is 0 Å². The minimum Gasteiger partial charge on any atom is -0.486 e. The first-order valence-electron chi connectivity index (χ1n) is 17.4. The summed E-state index contributed by atoms with van der Waals surface area (Å²) >= 11 is 6.35. The molecule has 9 heteroatoms. The molecule has 4 aromatic carbocycles. The smallest absolute Gasteiger partial charge is 0.125 e. The number of aromatic amines is 2. The summed E-state index contributed by atoms with van der Waals surface area (Å²) in [6.07, 6.45) is 9.39. The van der Waals surface area contributed by atoms with Gasteiger partial charge >= 0.3 is 0 Å². The Kier molecular flexibility index (Phi) is 10.4. The highest BCUT2D eigenvalue weighted by Gasteiger charge is 2.34. The average Bonchev–Trinajstić information content (AvgIpc) is 3.86. The fourth-order valence-electron chi connectivity index (χ4n) is 7.14. The van der Waals surface area contributed by atoms with Crippen LogP contribution in [0.15, 0.2) is 128 Å². The van der Waals surface area contributed by atoms with Gasteiger partial charge in [-0.2, -0.15) is 15.2 Å². The number of hydrogen-bond donors (Lipinski definition) is 2. The van der Waals surface area contributed by atoms with Gasteiger partial charge in [0, 0.05) is 55.0 Å². The molecule has 0 aliphatic carbocycles. The molecule has 50 heavy (non-hydrogen) atoms. The largest absolute Gasteiger partial charge is 0.486 e. The summed E-state index contributed by atoms with van der Waals surface area (Å²) < 4.78 is 7.51. The summed E-state index contributed by atoms with van der Waals surface area (Å²) in [6, 6.07) is 36.4. The maximum atomic E-state index is 6.64. The Labute approximate surface area is 299 Å². The summed E-state index contributed by atoms with van der Waals surface area (Å²) in [6.45, 7) is 5.00. The molecular formula is C41H45ClN7O+. The quantitative estimate of drug-likeness (QED) is 0.127. The minimum absolute atomic E-state index is 0.128. The van der Waals surface area contributed by atoms with Crippen molar-refractivity contribution in [3.63, 3.8) is 0 Å². The van der Waals surface area contributed by atoms with Crippen molar-refractivity contribution in [3.05, 3.63) is 150 Å². The van der Waals surface area contributed by atoms with Crippen molar-refractivity contribution < 1.29 is 9.33 Å². The first-order chi connectivity index (χ1) is 24.4. The highest BCUT2D eigenvalue weighted by atomic mass is 35.5. The second-order valence-corrected chi connectivity index (χ2v) is 13.9. The zero-order valence-electron chi connectivity index (χ0n) is 28.8. The van der Waals surface area contributed by atoms with E-state index in [0.29, 0.717) is 5.02 Å². The molecule has 2 aromatic heterocycles. The molecule has 7 rings (SSSR count). The van der Waals surface area contributed by atoms with Crippen LogP contribution in [0.5, 0.6) is 5.75 Å². The molecule has 0 amide bonds. The second-order valence-electron chi connectivity index (χ2n) is 13.4. The van der Waals surface area contributed by atoms with E-state index in [1.807, 2.05) is 49.1 Å². The fourth-order valence-corrected chi connectivity index (χ4v) is 7.32. The van der Waals surface area contributed by atoms with Crippen LogP contribution in [0.2, 0.25) is 5.02 Å². The van der Waals surface area contributed by atoms with Crippen molar-refractivity contribution in [2.75, 3.05) is 46.8 Å². The molecule has 1 aliphatic rings. The minimum atomic E-state index is -0.128. The maximum absolute atomic E-state index is 6.64. The van der Waals surface area contributed by atoms with Crippen molar-refractivity contribution in [1.82, 2.24) is 30.3 Å². The van der Waals surface area contributed by atoms with E-state index >= 15 is 0 Å². The molecule has 1 aliphatic heterocycles. The number of quaternary nitrogens is 1. The fraction of sp³-hybridized carbons (Fsp3) is 0.268. The third-order valence-corrected chi connectivity index (χ3v) is 10.5. The molecule has 3 unspecified atom stereocenters. The molecule has 0 radical (unpaired) electrons. The van der Waals surface area contributed by atoms with Gasteiger partial charge in [0.25, 0.3) is 0 Å². The lowest BCUT2D eigenvalue weighted by atomic mass is 9.95.